The number of aryl methyl sites for hydroxylation is 1. The second kappa shape index (κ2) is 9.32. The molecule has 1 amide bonds. The van der Waals surface area contributed by atoms with E-state index in [0.717, 1.165) is 6.42 Å². The van der Waals surface area contributed by atoms with E-state index in [1.165, 1.54) is 5.56 Å². The number of aliphatic hydroxyl groups is 1. The minimum atomic E-state index is -0.690. The maximum atomic E-state index is 12.8. The molecule has 25 heavy (non-hydrogen) atoms. The van der Waals surface area contributed by atoms with E-state index in [-0.39, 0.29) is 24.1 Å². The highest BCUT2D eigenvalue weighted by Crippen LogP contribution is 2.21. The third-order valence-electron chi connectivity index (χ3n) is 4.61. The molecule has 5 heteroatoms. The first kappa shape index (κ1) is 19.9. The van der Waals surface area contributed by atoms with Gasteiger partial charge in [0.25, 0.3) is 0 Å². The van der Waals surface area contributed by atoms with Gasteiger partial charge >= 0.3 is 0 Å². The molecule has 140 valence electrons. The second-order valence-electron chi connectivity index (χ2n) is 7.38. The summed E-state index contributed by atoms with van der Waals surface area (Å²) in [7, 11) is 0. The molecule has 0 radical (unpaired) electrons. The summed E-state index contributed by atoms with van der Waals surface area (Å²) in [6.07, 6.45) is 0.727. The fourth-order valence-electron chi connectivity index (χ4n) is 3.25. The molecule has 0 aromatic heterocycles. The summed E-state index contributed by atoms with van der Waals surface area (Å²) in [4.78, 5) is 14.6. The zero-order chi connectivity index (χ0) is 18.4. The number of carbonyl (C=O) groups is 1. The van der Waals surface area contributed by atoms with Crippen molar-refractivity contribution in [3.8, 4) is 0 Å². The topological polar surface area (TPSA) is 61.8 Å². The molecule has 0 bridgehead atoms. The third kappa shape index (κ3) is 5.53. The van der Waals surface area contributed by atoms with Gasteiger partial charge < -0.3 is 14.7 Å². The van der Waals surface area contributed by atoms with E-state index in [0.29, 0.717) is 19.6 Å². The van der Waals surface area contributed by atoms with Crippen molar-refractivity contribution >= 4 is 5.91 Å². The van der Waals surface area contributed by atoms with Crippen molar-refractivity contribution in [1.82, 2.24) is 10.2 Å². The molecule has 1 aromatic carbocycles. The molecule has 1 saturated heterocycles. The minimum absolute atomic E-state index is 0.0217. The van der Waals surface area contributed by atoms with Gasteiger partial charge in [-0.05, 0) is 38.2 Å². The highest BCUT2D eigenvalue weighted by atomic mass is 16.5. The molecule has 1 aromatic rings. The van der Waals surface area contributed by atoms with Gasteiger partial charge in [0.15, 0.2) is 0 Å². The number of ether oxygens (including phenoxy) is 1. The van der Waals surface area contributed by atoms with Gasteiger partial charge in [0, 0.05) is 6.54 Å². The molecule has 2 N–H and O–H groups in total. The monoisotopic (exact) mass is 348 g/mol. The first-order valence-corrected chi connectivity index (χ1v) is 9.30. The van der Waals surface area contributed by atoms with Crippen LogP contribution >= 0.6 is 0 Å². The molecule has 2 unspecified atom stereocenters. The van der Waals surface area contributed by atoms with Crippen LogP contribution in [0.4, 0.5) is 0 Å². The van der Waals surface area contributed by atoms with Crippen LogP contribution in [-0.2, 0) is 16.0 Å². The quantitative estimate of drug-likeness (QED) is 0.718. The third-order valence-corrected chi connectivity index (χ3v) is 4.61. The van der Waals surface area contributed by atoms with E-state index in [1.807, 2.05) is 49.1 Å². The standard InChI is InChI=1S/C20H32N2O3/c1-14(2)19-21-18(20(24)22(19)12-13-25-15(3)4)17(23)11-10-16-8-6-5-7-9-16/h5-9,14-15,17-19,21,23H,10-13H2,1-4H3/t17?,18-,19?/m0/s1. The highest BCUT2D eigenvalue weighted by Gasteiger charge is 2.43. The van der Waals surface area contributed by atoms with Gasteiger partial charge in [-0.15, -0.1) is 0 Å². The molecule has 0 spiro atoms. The van der Waals surface area contributed by atoms with Crippen LogP contribution in [0.5, 0.6) is 0 Å². The zero-order valence-corrected chi connectivity index (χ0v) is 15.8. The van der Waals surface area contributed by atoms with E-state index in [1.54, 1.807) is 0 Å². The molecular formula is C20H32N2O3. The Morgan fingerprint density at radius 1 is 1.20 bits per heavy atom. The first-order chi connectivity index (χ1) is 11.9. The van der Waals surface area contributed by atoms with Crippen LogP contribution < -0.4 is 5.32 Å². The van der Waals surface area contributed by atoms with E-state index in [2.05, 4.69) is 19.2 Å². The maximum absolute atomic E-state index is 12.8. The highest BCUT2D eigenvalue weighted by molar-refractivity contribution is 5.85. The summed E-state index contributed by atoms with van der Waals surface area (Å²) in [5.41, 5.74) is 1.18. The van der Waals surface area contributed by atoms with Gasteiger partial charge in [0.05, 0.1) is 25.0 Å². The molecule has 5 nitrogen and oxygen atoms in total. The van der Waals surface area contributed by atoms with Gasteiger partial charge in [0.1, 0.15) is 6.04 Å². The van der Waals surface area contributed by atoms with Crippen LogP contribution in [0.1, 0.15) is 39.7 Å². The van der Waals surface area contributed by atoms with Crippen LogP contribution in [-0.4, -0.2) is 53.5 Å². The van der Waals surface area contributed by atoms with E-state index in [9.17, 15) is 9.90 Å². The molecule has 1 aliphatic rings. The Labute approximate surface area is 151 Å². The van der Waals surface area contributed by atoms with Crippen molar-refractivity contribution in [2.45, 2.75) is 65.0 Å². The number of carbonyl (C=O) groups excluding carboxylic acids is 1. The average molecular weight is 348 g/mol. The number of nitrogens with one attached hydrogen (secondary N) is 1. The van der Waals surface area contributed by atoms with Crippen molar-refractivity contribution in [1.29, 1.82) is 0 Å². The Kier molecular flexibility index (Phi) is 7.41. The predicted molar refractivity (Wildman–Crippen MR) is 99.1 cm³/mol. The van der Waals surface area contributed by atoms with Crippen LogP contribution in [0.3, 0.4) is 0 Å². The van der Waals surface area contributed by atoms with Gasteiger partial charge in [-0.1, -0.05) is 44.2 Å². The van der Waals surface area contributed by atoms with Crippen molar-refractivity contribution < 1.29 is 14.6 Å². The summed E-state index contributed by atoms with van der Waals surface area (Å²) in [6, 6.07) is 9.52. The molecule has 1 fully saturated rings. The van der Waals surface area contributed by atoms with Crippen LogP contribution in [0, 0.1) is 5.92 Å². The van der Waals surface area contributed by atoms with Crippen LogP contribution in [0.2, 0.25) is 0 Å². The van der Waals surface area contributed by atoms with Crippen molar-refractivity contribution in [2.24, 2.45) is 5.92 Å². The van der Waals surface area contributed by atoms with Gasteiger partial charge in [0.2, 0.25) is 5.91 Å². The first-order valence-electron chi connectivity index (χ1n) is 9.30. The number of hydrogen-bond acceptors (Lipinski definition) is 4. The zero-order valence-electron chi connectivity index (χ0n) is 15.8. The number of amides is 1. The molecular weight excluding hydrogens is 316 g/mol. The van der Waals surface area contributed by atoms with E-state index in [4.69, 9.17) is 4.74 Å². The predicted octanol–water partition coefficient (Wildman–Crippen LogP) is 2.19. The number of aliphatic hydroxyl groups excluding tert-OH is 1. The molecule has 1 heterocycles. The smallest absolute Gasteiger partial charge is 0.243 e. The Morgan fingerprint density at radius 2 is 1.88 bits per heavy atom. The number of benzene rings is 1. The maximum Gasteiger partial charge on any atom is 0.243 e. The second-order valence-corrected chi connectivity index (χ2v) is 7.38. The Bertz CT molecular complexity index is 533. The lowest BCUT2D eigenvalue weighted by Crippen LogP contribution is -2.44. The normalized spacial score (nSPS) is 22.2. The Morgan fingerprint density at radius 3 is 2.48 bits per heavy atom. The lowest BCUT2D eigenvalue weighted by atomic mass is 10.0. The van der Waals surface area contributed by atoms with Crippen LogP contribution in [0.15, 0.2) is 30.3 Å². The van der Waals surface area contributed by atoms with Crippen LogP contribution in [0.25, 0.3) is 0 Å². The average Bonchev–Trinajstić information content (AvgIpc) is 2.91. The fraction of sp³-hybridized carbons (Fsp3) is 0.650. The number of hydrogen-bond donors (Lipinski definition) is 2. The van der Waals surface area contributed by atoms with Crippen molar-refractivity contribution in [3.63, 3.8) is 0 Å². The van der Waals surface area contributed by atoms with E-state index < -0.39 is 12.1 Å². The minimum Gasteiger partial charge on any atom is -0.391 e. The van der Waals surface area contributed by atoms with E-state index >= 15 is 0 Å². The number of rotatable bonds is 9. The summed E-state index contributed by atoms with van der Waals surface area (Å²) in [5.74, 6) is 0.251. The SMILES string of the molecule is CC(C)OCCN1C(=O)[C@H](C(O)CCc2ccccc2)NC1C(C)C. The molecule has 1 aliphatic heterocycles. The lowest BCUT2D eigenvalue weighted by molar-refractivity contribution is -0.133. The van der Waals surface area contributed by atoms with Crippen molar-refractivity contribution in [2.75, 3.05) is 13.2 Å². The lowest BCUT2D eigenvalue weighted by Gasteiger charge is -2.27. The fourth-order valence-corrected chi connectivity index (χ4v) is 3.25. The van der Waals surface area contributed by atoms with Gasteiger partial charge in [-0.3, -0.25) is 10.1 Å². The Hall–Kier alpha value is -1.43. The van der Waals surface area contributed by atoms with Crippen molar-refractivity contribution in [3.05, 3.63) is 35.9 Å². The Balaban J connectivity index is 1.94. The molecule has 3 atom stereocenters. The molecule has 0 aliphatic carbocycles. The summed E-state index contributed by atoms with van der Waals surface area (Å²) < 4.78 is 5.60. The van der Waals surface area contributed by atoms with Gasteiger partial charge in [-0.2, -0.15) is 0 Å². The van der Waals surface area contributed by atoms with Gasteiger partial charge in [-0.25, -0.2) is 0 Å². The summed E-state index contributed by atoms with van der Waals surface area (Å²) in [5, 5.41) is 13.9. The summed E-state index contributed by atoms with van der Waals surface area (Å²) >= 11 is 0. The summed E-state index contributed by atoms with van der Waals surface area (Å²) in [6.45, 7) is 9.20. The molecule has 0 saturated carbocycles. The number of nitrogens with zero attached hydrogens (tertiary/aromatic N) is 1. The molecule has 2 rings (SSSR count). The largest absolute Gasteiger partial charge is 0.391 e.